The van der Waals surface area contributed by atoms with Crippen LogP contribution >= 0.6 is 22.7 Å². The second-order valence-corrected chi connectivity index (χ2v) is 8.94. The molecule has 0 atom stereocenters. The van der Waals surface area contributed by atoms with Gasteiger partial charge in [-0.25, -0.2) is 9.97 Å². The Morgan fingerprint density at radius 1 is 1.16 bits per heavy atom. The number of para-hydroxylation sites is 2. The molecule has 0 aliphatic carbocycles. The summed E-state index contributed by atoms with van der Waals surface area (Å²) < 4.78 is 1.38. The molecule has 1 amide bonds. The van der Waals surface area contributed by atoms with Crippen LogP contribution in [0.3, 0.4) is 0 Å². The molecule has 156 valence electrons. The highest BCUT2D eigenvalue weighted by atomic mass is 32.1. The second-order valence-electron chi connectivity index (χ2n) is 7.14. The molecule has 31 heavy (non-hydrogen) atoms. The molecular formula is C22H19N5O2S2. The molecule has 5 aromatic rings. The number of fused-ring (bicyclic) bond motifs is 2. The van der Waals surface area contributed by atoms with E-state index in [0.717, 1.165) is 40.1 Å². The van der Waals surface area contributed by atoms with E-state index < -0.39 is 0 Å². The highest BCUT2D eigenvalue weighted by molar-refractivity contribution is 7.18. The van der Waals surface area contributed by atoms with Gasteiger partial charge in [0.05, 0.1) is 22.7 Å². The first kappa shape index (κ1) is 19.7. The van der Waals surface area contributed by atoms with E-state index in [4.69, 9.17) is 0 Å². The number of thiophene rings is 2. The van der Waals surface area contributed by atoms with Gasteiger partial charge in [-0.3, -0.25) is 14.2 Å². The van der Waals surface area contributed by atoms with Crippen LogP contribution in [0, 0.1) is 0 Å². The number of nitrogens with one attached hydrogen (secondary N) is 2. The SMILES string of the molecule is O=C(Cn1cnc2scc(-c3cccs3)c2c1=O)NCCCc1nc2ccccc2[nH]1. The van der Waals surface area contributed by atoms with Crippen LogP contribution in [-0.2, 0) is 17.8 Å². The van der Waals surface area contributed by atoms with Crippen LogP contribution in [-0.4, -0.2) is 32.0 Å². The lowest BCUT2D eigenvalue weighted by atomic mass is 10.2. The van der Waals surface area contributed by atoms with Gasteiger partial charge in [0.1, 0.15) is 17.2 Å². The lowest BCUT2D eigenvalue weighted by Crippen LogP contribution is -2.33. The van der Waals surface area contributed by atoms with Crippen molar-refractivity contribution in [3.05, 3.63) is 69.7 Å². The van der Waals surface area contributed by atoms with Crippen LogP contribution in [0.4, 0.5) is 0 Å². The Morgan fingerprint density at radius 3 is 2.90 bits per heavy atom. The molecule has 0 spiro atoms. The summed E-state index contributed by atoms with van der Waals surface area (Å²) in [5, 5.41) is 7.39. The van der Waals surface area contributed by atoms with E-state index in [-0.39, 0.29) is 18.0 Å². The minimum Gasteiger partial charge on any atom is -0.355 e. The standard InChI is InChI=1S/C22H19N5O2S2/c28-19(23-9-3-8-18-25-15-5-1-2-6-16(15)26-18)11-27-13-24-21-20(22(27)29)14(12-31-21)17-7-4-10-30-17/h1-2,4-7,10,12-13H,3,8-9,11H2,(H,23,28)(H,25,26). The monoisotopic (exact) mass is 449 g/mol. The number of carbonyl (C=O) groups excluding carboxylic acids is 1. The Bertz CT molecular complexity index is 1380. The fraction of sp³-hybridized carbons (Fsp3) is 0.182. The van der Waals surface area contributed by atoms with Crippen molar-refractivity contribution in [1.29, 1.82) is 0 Å². The van der Waals surface area contributed by atoms with Gasteiger partial charge in [0, 0.05) is 28.8 Å². The molecule has 0 bridgehead atoms. The van der Waals surface area contributed by atoms with Gasteiger partial charge in [-0.2, -0.15) is 0 Å². The maximum atomic E-state index is 13.0. The summed E-state index contributed by atoms with van der Waals surface area (Å²) in [7, 11) is 0. The third-order valence-electron chi connectivity index (χ3n) is 5.01. The smallest absolute Gasteiger partial charge is 0.263 e. The van der Waals surface area contributed by atoms with E-state index in [1.54, 1.807) is 11.3 Å². The maximum absolute atomic E-state index is 13.0. The number of rotatable bonds is 7. The molecule has 4 aromatic heterocycles. The lowest BCUT2D eigenvalue weighted by molar-refractivity contribution is -0.121. The molecule has 9 heteroatoms. The van der Waals surface area contributed by atoms with Gasteiger partial charge in [0.25, 0.3) is 5.56 Å². The molecule has 7 nitrogen and oxygen atoms in total. The molecule has 4 heterocycles. The van der Waals surface area contributed by atoms with Crippen LogP contribution in [0.1, 0.15) is 12.2 Å². The second kappa shape index (κ2) is 8.44. The quantitative estimate of drug-likeness (QED) is 0.370. The van der Waals surface area contributed by atoms with Crippen molar-refractivity contribution in [3.8, 4) is 10.4 Å². The summed E-state index contributed by atoms with van der Waals surface area (Å²) in [6, 6.07) is 11.8. The number of aryl methyl sites for hydroxylation is 1. The minimum absolute atomic E-state index is 0.0495. The molecule has 0 aliphatic heterocycles. The van der Waals surface area contributed by atoms with Gasteiger partial charge in [0.15, 0.2) is 0 Å². The Balaban J connectivity index is 1.21. The highest BCUT2D eigenvalue weighted by Gasteiger charge is 2.15. The molecule has 0 unspecified atom stereocenters. The molecule has 0 saturated heterocycles. The Labute approximate surface area is 185 Å². The highest BCUT2D eigenvalue weighted by Crippen LogP contribution is 2.33. The first-order chi connectivity index (χ1) is 15.2. The van der Waals surface area contributed by atoms with Crippen molar-refractivity contribution in [3.63, 3.8) is 0 Å². The molecule has 5 rings (SSSR count). The van der Waals surface area contributed by atoms with Gasteiger partial charge in [0.2, 0.25) is 5.91 Å². The third kappa shape index (κ3) is 4.01. The van der Waals surface area contributed by atoms with Crippen molar-refractivity contribution in [2.75, 3.05) is 6.54 Å². The largest absolute Gasteiger partial charge is 0.355 e. The lowest BCUT2D eigenvalue weighted by Gasteiger charge is -2.07. The first-order valence-electron chi connectivity index (χ1n) is 9.90. The maximum Gasteiger partial charge on any atom is 0.263 e. The number of H-pyrrole nitrogens is 1. The topological polar surface area (TPSA) is 92.7 Å². The van der Waals surface area contributed by atoms with Gasteiger partial charge in [-0.1, -0.05) is 18.2 Å². The molecule has 1 aromatic carbocycles. The average Bonchev–Trinajstić information content (AvgIpc) is 3.51. The third-order valence-corrected chi connectivity index (χ3v) is 6.80. The number of aromatic amines is 1. The van der Waals surface area contributed by atoms with E-state index in [2.05, 4.69) is 20.3 Å². The summed E-state index contributed by atoms with van der Waals surface area (Å²) in [6.45, 7) is 0.464. The van der Waals surface area contributed by atoms with E-state index in [1.807, 2.05) is 47.2 Å². The van der Waals surface area contributed by atoms with Crippen molar-refractivity contribution in [2.45, 2.75) is 19.4 Å². The van der Waals surface area contributed by atoms with E-state index >= 15 is 0 Å². The van der Waals surface area contributed by atoms with Crippen molar-refractivity contribution in [2.24, 2.45) is 0 Å². The Kier molecular flexibility index (Phi) is 5.35. The van der Waals surface area contributed by atoms with E-state index in [9.17, 15) is 9.59 Å². The molecular weight excluding hydrogens is 430 g/mol. The van der Waals surface area contributed by atoms with E-state index in [1.165, 1.54) is 22.2 Å². The normalized spacial score (nSPS) is 11.4. The first-order valence-corrected chi connectivity index (χ1v) is 11.7. The van der Waals surface area contributed by atoms with Gasteiger partial charge in [-0.15, -0.1) is 22.7 Å². The number of hydrogen-bond acceptors (Lipinski definition) is 6. The van der Waals surface area contributed by atoms with Crippen LogP contribution in [0.2, 0.25) is 0 Å². The summed E-state index contributed by atoms with van der Waals surface area (Å²) in [4.78, 5) is 39.3. The number of carbonyl (C=O) groups is 1. The van der Waals surface area contributed by atoms with Gasteiger partial charge < -0.3 is 10.3 Å². The van der Waals surface area contributed by atoms with Crippen LogP contribution in [0.25, 0.3) is 31.7 Å². The number of hydrogen-bond donors (Lipinski definition) is 2. The summed E-state index contributed by atoms with van der Waals surface area (Å²) in [6.07, 6.45) is 2.94. The fourth-order valence-electron chi connectivity index (χ4n) is 3.51. The fourth-order valence-corrected chi connectivity index (χ4v) is 5.23. The molecule has 2 N–H and O–H groups in total. The minimum atomic E-state index is -0.208. The average molecular weight is 450 g/mol. The van der Waals surface area contributed by atoms with Crippen molar-refractivity contribution in [1.82, 2.24) is 24.8 Å². The Hall–Kier alpha value is -3.30. The van der Waals surface area contributed by atoms with Gasteiger partial charge in [-0.05, 0) is 30.0 Å². The predicted octanol–water partition coefficient (Wildman–Crippen LogP) is 3.81. The van der Waals surface area contributed by atoms with Crippen LogP contribution in [0.15, 0.2) is 58.3 Å². The van der Waals surface area contributed by atoms with Gasteiger partial charge >= 0.3 is 0 Å². The number of benzene rings is 1. The van der Waals surface area contributed by atoms with Crippen molar-refractivity contribution < 1.29 is 4.79 Å². The zero-order valence-electron chi connectivity index (χ0n) is 16.5. The zero-order chi connectivity index (χ0) is 21.2. The zero-order valence-corrected chi connectivity index (χ0v) is 18.1. The van der Waals surface area contributed by atoms with Crippen LogP contribution in [0.5, 0.6) is 0 Å². The molecule has 0 saturated carbocycles. The summed E-state index contributed by atoms with van der Waals surface area (Å²) in [5.74, 6) is 0.695. The number of nitrogens with zero attached hydrogens (tertiary/aromatic N) is 3. The molecule has 0 radical (unpaired) electrons. The number of imidazole rings is 1. The summed E-state index contributed by atoms with van der Waals surface area (Å²) >= 11 is 3.02. The molecule has 0 aliphatic rings. The van der Waals surface area contributed by atoms with Crippen LogP contribution < -0.4 is 10.9 Å². The Morgan fingerprint density at radius 2 is 2.06 bits per heavy atom. The number of aromatic nitrogens is 4. The summed E-state index contributed by atoms with van der Waals surface area (Å²) in [5.41, 5.74) is 2.65. The number of amides is 1. The van der Waals surface area contributed by atoms with Crippen molar-refractivity contribution >= 4 is 49.8 Å². The van der Waals surface area contributed by atoms with E-state index in [0.29, 0.717) is 16.8 Å². The predicted molar refractivity (Wildman–Crippen MR) is 125 cm³/mol. The molecule has 0 fully saturated rings.